The largest absolute Gasteiger partial charge is 0.379 e. The summed E-state index contributed by atoms with van der Waals surface area (Å²) in [4.78, 5) is 27.4. The van der Waals surface area contributed by atoms with E-state index in [0.29, 0.717) is 37.3 Å². The molecule has 0 unspecified atom stereocenters. The molecule has 8 nitrogen and oxygen atoms in total. The van der Waals surface area contributed by atoms with Gasteiger partial charge in [-0.1, -0.05) is 24.3 Å². The molecule has 1 N–H and O–H groups in total. The molecule has 156 valence electrons. The quantitative estimate of drug-likeness (QED) is 0.559. The minimum absolute atomic E-state index is 0.0122. The predicted molar refractivity (Wildman–Crippen MR) is 114 cm³/mol. The van der Waals surface area contributed by atoms with E-state index in [4.69, 9.17) is 5.26 Å². The van der Waals surface area contributed by atoms with Crippen LogP contribution in [0.2, 0.25) is 0 Å². The van der Waals surface area contributed by atoms with Crippen LogP contribution in [-0.2, 0) is 11.3 Å². The Bertz CT molecular complexity index is 923. The van der Waals surface area contributed by atoms with Crippen molar-refractivity contribution >= 4 is 17.3 Å². The minimum Gasteiger partial charge on any atom is -0.379 e. The molecule has 0 aromatic heterocycles. The predicted octanol–water partition coefficient (Wildman–Crippen LogP) is 3.00. The summed E-state index contributed by atoms with van der Waals surface area (Å²) in [6.45, 7) is 4.25. The average Bonchev–Trinajstić information content (AvgIpc) is 3.00. The molecule has 1 fully saturated rings. The van der Waals surface area contributed by atoms with Crippen molar-refractivity contribution in [3.63, 3.8) is 0 Å². The summed E-state index contributed by atoms with van der Waals surface area (Å²) in [6, 6.07) is 16.2. The number of nitro groups is 1. The first kappa shape index (κ1) is 21.3. The highest BCUT2D eigenvalue weighted by atomic mass is 16.6. The molecule has 1 amide bonds. The molecular weight excluding hydrogens is 382 g/mol. The van der Waals surface area contributed by atoms with Crippen LogP contribution in [0.5, 0.6) is 0 Å². The minimum atomic E-state index is -0.429. The van der Waals surface area contributed by atoms with Crippen molar-refractivity contribution in [2.24, 2.45) is 0 Å². The fourth-order valence-corrected chi connectivity index (χ4v) is 3.57. The number of nitriles is 1. The lowest BCUT2D eigenvalue weighted by atomic mass is 10.1. The van der Waals surface area contributed by atoms with Gasteiger partial charge in [-0.05, 0) is 30.2 Å². The molecular formula is C22H25N5O3. The third kappa shape index (κ3) is 5.78. The third-order valence-electron chi connectivity index (χ3n) is 5.19. The SMILES string of the molecule is N#Cc1ccc(CN2CCCN(C(=O)CCNc3ccccc3[N+](=O)[O-])CC2)cc1. The van der Waals surface area contributed by atoms with Crippen molar-refractivity contribution in [1.29, 1.82) is 5.26 Å². The van der Waals surface area contributed by atoms with Gasteiger partial charge >= 0.3 is 0 Å². The highest BCUT2D eigenvalue weighted by molar-refractivity contribution is 5.77. The standard InChI is InChI=1S/C22H25N5O3/c23-16-18-6-8-19(9-7-18)17-25-12-3-13-26(15-14-25)22(28)10-11-24-20-4-1-2-5-21(20)27(29)30/h1-2,4-9,24H,3,10-15,17H2. The monoisotopic (exact) mass is 407 g/mol. The van der Waals surface area contributed by atoms with Crippen LogP contribution in [0.15, 0.2) is 48.5 Å². The molecule has 1 aliphatic rings. The van der Waals surface area contributed by atoms with Crippen LogP contribution in [0.1, 0.15) is 24.0 Å². The van der Waals surface area contributed by atoms with Gasteiger partial charge in [0, 0.05) is 51.8 Å². The molecule has 1 saturated heterocycles. The van der Waals surface area contributed by atoms with Gasteiger partial charge in [-0.25, -0.2) is 0 Å². The van der Waals surface area contributed by atoms with Crippen LogP contribution in [0, 0.1) is 21.4 Å². The normalized spacial score (nSPS) is 14.6. The Morgan fingerprint density at radius 2 is 1.87 bits per heavy atom. The Kier molecular flexibility index (Phi) is 7.35. The number of amides is 1. The van der Waals surface area contributed by atoms with Crippen LogP contribution in [0.4, 0.5) is 11.4 Å². The molecule has 0 saturated carbocycles. The summed E-state index contributed by atoms with van der Waals surface area (Å²) in [5.74, 6) is 0.0568. The van der Waals surface area contributed by atoms with Crippen molar-refractivity contribution in [1.82, 2.24) is 9.80 Å². The number of nitrogens with one attached hydrogen (secondary N) is 1. The van der Waals surface area contributed by atoms with E-state index in [-0.39, 0.29) is 11.6 Å². The number of rotatable bonds is 7. The van der Waals surface area contributed by atoms with E-state index in [2.05, 4.69) is 16.3 Å². The van der Waals surface area contributed by atoms with Crippen LogP contribution in [-0.4, -0.2) is 53.4 Å². The molecule has 8 heteroatoms. The maximum atomic E-state index is 12.6. The molecule has 3 rings (SSSR count). The first-order valence-corrected chi connectivity index (χ1v) is 10.0. The highest BCUT2D eigenvalue weighted by Crippen LogP contribution is 2.23. The van der Waals surface area contributed by atoms with Gasteiger partial charge in [0.25, 0.3) is 5.69 Å². The van der Waals surface area contributed by atoms with E-state index in [9.17, 15) is 14.9 Å². The van der Waals surface area contributed by atoms with Crippen molar-refractivity contribution in [3.8, 4) is 6.07 Å². The molecule has 30 heavy (non-hydrogen) atoms. The lowest BCUT2D eigenvalue weighted by Gasteiger charge is -2.22. The Hall–Kier alpha value is -3.44. The van der Waals surface area contributed by atoms with Crippen LogP contribution >= 0.6 is 0 Å². The summed E-state index contributed by atoms with van der Waals surface area (Å²) in [7, 11) is 0. The molecule has 0 radical (unpaired) electrons. The average molecular weight is 407 g/mol. The Labute approximate surface area is 175 Å². The maximum Gasteiger partial charge on any atom is 0.292 e. The van der Waals surface area contributed by atoms with Gasteiger partial charge in [0.1, 0.15) is 5.69 Å². The Morgan fingerprint density at radius 3 is 2.60 bits per heavy atom. The molecule has 2 aromatic carbocycles. The number of anilines is 1. The summed E-state index contributed by atoms with van der Waals surface area (Å²) < 4.78 is 0. The van der Waals surface area contributed by atoms with Crippen molar-refractivity contribution in [2.45, 2.75) is 19.4 Å². The van der Waals surface area contributed by atoms with Gasteiger partial charge in [-0.2, -0.15) is 5.26 Å². The zero-order valence-electron chi connectivity index (χ0n) is 16.8. The van der Waals surface area contributed by atoms with Crippen molar-refractivity contribution in [3.05, 3.63) is 69.8 Å². The number of benzene rings is 2. The van der Waals surface area contributed by atoms with Crippen LogP contribution < -0.4 is 5.32 Å². The van der Waals surface area contributed by atoms with E-state index < -0.39 is 4.92 Å². The number of para-hydroxylation sites is 2. The lowest BCUT2D eigenvalue weighted by Crippen LogP contribution is -2.35. The molecule has 0 bridgehead atoms. The van der Waals surface area contributed by atoms with E-state index >= 15 is 0 Å². The molecule has 1 aliphatic heterocycles. The van der Waals surface area contributed by atoms with E-state index in [1.807, 2.05) is 29.2 Å². The molecule has 0 spiro atoms. The third-order valence-corrected chi connectivity index (χ3v) is 5.19. The van der Waals surface area contributed by atoms with Gasteiger partial charge in [0.2, 0.25) is 5.91 Å². The van der Waals surface area contributed by atoms with Crippen molar-refractivity contribution in [2.75, 3.05) is 38.0 Å². The number of hydrogen-bond donors (Lipinski definition) is 1. The summed E-state index contributed by atoms with van der Waals surface area (Å²) >= 11 is 0. The Balaban J connectivity index is 1.46. The number of carbonyl (C=O) groups excluding carboxylic acids is 1. The summed E-state index contributed by atoms with van der Waals surface area (Å²) in [5.41, 5.74) is 2.25. The maximum absolute atomic E-state index is 12.6. The van der Waals surface area contributed by atoms with E-state index in [1.54, 1.807) is 18.2 Å². The summed E-state index contributed by atoms with van der Waals surface area (Å²) in [5, 5.41) is 23.0. The van der Waals surface area contributed by atoms with Crippen LogP contribution in [0.3, 0.4) is 0 Å². The zero-order chi connectivity index (χ0) is 21.3. The lowest BCUT2D eigenvalue weighted by molar-refractivity contribution is -0.384. The second kappa shape index (κ2) is 10.4. The highest BCUT2D eigenvalue weighted by Gasteiger charge is 2.19. The van der Waals surface area contributed by atoms with Gasteiger partial charge in [-0.3, -0.25) is 19.8 Å². The zero-order valence-corrected chi connectivity index (χ0v) is 16.8. The smallest absolute Gasteiger partial charge is 0.292 e. The second-order valence-electron chi connectivity index (χ2n) is 7.27. The first-order chi connectivity index (χ1) is 14.6. The van der Waals surface area contributed by atoms with E-state index in [1.165, 1.54) is 6.07 Å². The number of nitro benzene ring substituents is 1. The van der Waals surface area contributed by atoms with Crippen LogP contribution in [0.25, 0.3) is 0 Å². The molecule has 0 aliphatic carbocycles. The number of nitrogens with zero attached hydrogens (tertiary/aromatic N) is 4. The topological polar surface area (TPSA) is 103 Å². The van der Waals surface area contributed by atoms with Gasteiger partial charge in [0.15, 0.2) is 0 Å². The second-order valence-corrected chi connectivity index (χ2v) is 7.27. The molecule has 1 heterocycles. The fraction of sp³-hybridized carbons (Fsp3) is 0.364. The van der Waals surface area contributed by atoms with E-state index in [0.717, 1.165) is 31.6 Å². The number of carbonyl (C=O) groups is 1. The first-order valence-electron chi connectivity index (χ1n) is 10.0. The molecule has 2 aromatic rings. The molecule has 0 atom stereocenters. The Morgan fingerprint density at radius 1 is 1.10 bits per heavy atom. The van der Waals surface area contributed by atoms with Gasteiger partial charge in [0.05, 0.1) is 16.6 Å². The summed E-state index contributed by atoms with van der Waals surface area (Å²) in [6.07, 6.45) is 1.20. The number of hydrogen-bond acceptors (Lipinski definition) is 6. The van der Waals surface area contributed by atoms with Gasteiger partial charge < -0.3 is 10.2 Å². The fourth-order valence-electron chi connectivity index (χ4n) is 3.57. The van der Waals surface area contributed by atoms with Crippen molar-refractivity contribution < 1.29 is 9.72 Å². The van der Waals surface area contributed by atoms with Gasteiger partial charge in [-0.15, -0.1) is 0 Å².